The molecule has 0 aliphatic rings. The summed E-state index contributed by atoms with van der Waals surface area (Å²) in [6.45, 7) is 1.55. The number of ketones is 1. The standard InChI is InChI=1S/C16H17NO3/c1-11(18)12-4-6-13(7-5-12)17-14-8-9-15(19-2)16(10-14)20-3/h4-10,17H,1-3H3. The Morgan fingerprint density at radius 1 is 0.900 bits per heavy atom. The molecule has 0 unspecified atom stereocenters. The van der Waals surface area contributed by atoms with Crippen LogP contribution in [0, 0.1) is 0 Å². The molecule has 0 spiro atoms. The van der Waals surface area contributed by atoms with Crippen molar-refractivity contribution in [3.63, 3.8) is 0 Å². The Labute approximate surface area is 118 Å². The Balaban J connectivity index is 2.19. The van der Waals surface area contributed by atoms with E-state index < -0.39 is 0 Å². The predicted octanol–water partition coefficient (Wildman–Crippen LogP) is 3.65. The van der Waals surface area contributed by atoms with Gasteiger partial charge in [-0.1, -0.05) is 0 Å². The normalized spacial score (nSPS) is 9.95. The number of methoxy groups -OCH3 is 2. The van der Waals surface area contributed by atoms with E-state index in [1.807, 2.05) is 30.3 Å². The number of hydrogen-bond acceptors (Lipinski definition) is 4. The number of hydrogen-bond donors (Lipinski definition) is 1. The second-order valence-corrected chi connectivity index (χ2v) is 4.33. The minimum atomic E-state index is 0.0580. The minimum absolute atomic E-state index is 0.0580. The van der Waals surface area contributed by atoms with Crippen LogP contribution in [-0.4, -0.2) is 20.0 Å². The summed E-state index contributed by atoms with van der Waals surface area (Å²) in [5.41, 5.74) is 2.49. The average Bonchev–Trinajstić information content (AvgIpc) is 2.47. The Kier molecular flexibility index (Phi) is 4.25. The highest BCUT2D eigenvalue weighted by Crippen LogP contribution is 2.31. The van der Waals surface area contributed by atoms with Crippen LogP contribution in [0.3, 0.4) is 0 Å². The first kappa shape index (κ1) is 13.9. The summed E-state index contributed by atoms with van der Waals surface area (Å²) in [7, 11) is 3.20. The number of benzene rings is 2. The maximum Gasteiger partial charge on any atom is 0.162 e. The highest BCUT2D eigenvalue weighted by molar-refractivity contribution is 5.94. The van der Waals surface area contributed by atoms with E-state index in [1.165, 1.54) is 0 Å². The average molecular weight is 271 g/mol. The molecule has 0 aliphatic carbocycles. The van der Waals surface area contributed by atoms with Gasteiger partial charge in [-0.05, 0) is 43.3 Å². The molecule has 0 heterocycles. The molecule has 0 fully saturated rings. The molecule has 0 radical (unpaired) electrons. The van der Waals surface area contributed by atoms with Crippen molar-refractivity contribution in [2.24, 2.45) is 0 Å². The highest BCUT2D eigenvalue weighted by atomic mass is 16.5. The van der Waals surface area contributed by atoms with Crippen LogP contribution in [0.4, 0.5) is 11.4 Å². The molecular weight excluding hydrogens is 254 g/mol. The maximum atomic E-state index is 11.2. The molecule has 2 aromatic carbocycles. The van der Waals surface area contributed by atoms with Gasteiger partial charge in [-0.15, -0.1) is 0 Å². The number of ether oxygens (including phenoxy) is 2. The van der Waals surface area contributed by atoms with E-state index in [2.05, 4.69) is 5.32 Å². The summed E-state index contributed by atoms with van der Waals surface area (Å²) >= 11 is 0. The Hall–Kier alpha value is -2.49. The van der Waals surface area contributed by atoms with E-state index in [0.29, 0.717) is 17.1 Å². The lowest BCUT2D eigenvalue weighted by Crippen LogP contribution is -1.95. The molecule has 0 bridgehead atoms. The molecule has 0 aliphatic heterocycles. The fourth-order valence-corrected chi connectivity index (χ4v) is 1.87. The van der Waals surface area contributed by atoms with Gasteiger partial charge in [0, 0.05) is 23.0 Å². The van der Waals surface area contributed by atoms with Gasteiger partial charge in [0.25, 0.3) is 0 Å². The zero-order valence-corrected chi connectivity index (χ0v) is 11.8. The molecule has 104 valence electrons. The molecule has 4 nitrogen and oxygen atoms in total. The third-order valence-electron chi connectivity index (χ3n) is 2.96. The van der Waals surface area contributed by atoms with Crippen LogP contribution in [0.1, 0.15) is 17.3 Å². The number of Topliss-reactive ketones (excluding diaryl/α,β-unsaturated/α-hetero) is 1. The molecule has 0 saturated carbocycles. The molecule has 0 saturated heterocycles. The topological polar surface area (TPSA) is 47.6 Å². The fraction of sp³-hybridized carbons (Fsp3) is 0.188. The zero-order chi connectivity index (χ0) is 14.5. The number of carbonyl (C=O) groups is 1. The molecule has 2 rings (SSSR count). The molecule has 1 N–H and O–H groups in total. The van der Waals surface area contributed by atoms with Crippen LogP contribution in [0.5, 0.6) is 11.5 Å². The van der Waals surface area contributed by atoms with Crippen molar-refractivity contribution in [2.75, 3.05) is 19.5 Å². The summed E-state index contributed by atoms with van der Waals surface area (Å²) in [6.07, 6.45) is 0. The first-order valence-corrected chi connectivity index (χ1v) is 6.24. The van der Waals surface area contributed by atoms with Crippen molar-refractivity contribution in [2.45, 2.75) is 6.92 Å². The van der Waals surface area contributed by atoms with Gasteiger partial charge in [-0.25, -0.2) is 0 Å². The van der Waals surface area contributed by atoms with E-state index >= 15 is 0 Å². The van der Waals surface area contributed by atoms with Crippen LogP contribution in [0.15, 0.2) is 42.5 Å². The van der Waals surface area contributed by atoms with E-state index in [9.17, 15) is 4.79 Å². The van der Waals surface area contributed by atoms with Crippen LogP contribution in [0.25, 0.3) is 0 Å². The largest absolute Gasteiger partial charge is 0.493 e. The molecule has 0 atom stereocenters. The van der Waals surface area contributed by atoms with Crippen LogP contribution >= 0.6 is 0 Å². The van der Waals surface area contributed by atoms with Gasteiger partial charge < -0.3 is 14.8 Å². The monoisotopic (exact) mass is 271 g/mol. The van der Waals surface area contributed by atoms with Gasteiger partial charge in [0.05, 0.1) is 14.2 Å². The van der Waals surface area contributed by atoms with Gasteiger partial charge in [0.1, 0.15) is 0 Å². The zero-order valence-electron chi connectivity index (χ0n) is 11.8. The van der Waals surface area contributed by atoms with E-state index in [1.54, 1.807) is 33.3 Å². The van der Waals surface area contributed by atoms with Gasteiger partial charge >= 0.3 is 0 Å². The lowest BCUT2D eigenvalue weighted by atomic mass is 10.1. The first-order valence-electron chi connectivity index (χ1n) is 6.24. The van der Waals surface area contributed by atoms with Gasteiger partial charge in [-0.2, -0.15) is 0 Å². The summed E-state index contributed by atoms with van der Waals surface area (Å²) < 4.78 is 10.4. The van der Waals surface area contributed by atoms with E-state index in [4.69, 9.17) is 9.47 Å². The smallest absolute Gasteiger partial charge is 0.162 e. The third kappa shape index (κ3) is 3.09. The molecule has 20 heavy (non-hydrogen) atoms. The van der Waals surface area contributed by atoms with Gasteiger partial charge in [-0.3, -0.25) is 4.79 Å². The van der Waals surface area contributed by atoms with Gasteiger partial charge in [0.2, 0.25) is 0 Å². The summed E-state index contributed by atoms with van der Waals surface area (Å²) in [4.78, 5) is 11.2. The minimum Gasteiger partial charge on any atom is -0.493 e. The van der Waals surface area contributed by atoms with Crippen molar-refractivity contribution >= 4 is 17.2 Å². The lowest BCUT2D eigenvalue weighted by Gasteiger charge is -2.11. The second-order valence-electron chi connectivity index (χ2n) is 4.33. The van der Waals surface area contributed by atoms with Crippen molar-refractivity contribution in [1.82, 2.24) is 0 Å². The van der Waals surface area contributed by atoms with Gasteiger partial charge in [0.15, 0.2) is 17.3 Å². The number of carbonyl (C=O) groups excluding carboxylic acids is 1. The Bertz CT molecular complexity index is 606. The highest BCUT2D eigenvalue weighted by Gasteiger charge is 2.05. The van der Waals surface area contributed by atoms with Crippen molar-refractivity contribution in [3.05, 3.63) is 48.0 Å². The fourth-order valence-electron chi connectivity index (χ4n) is 1.87. The molecular formula is C16H17NO3. The van der Waals surface area contributed by atoms with Crippen LogP contribution < -0.4 is 14.8 Å². The SMILES string of the molecule is COc1ccc(Nc2ccc(C(C)=O)cc2)cc1OC. The summed E-state index contributed by atoms with van der Waals surface area (Å²) in [5.74, 6) is 1.41. The van der Waals surface area contributed by atoms with Crippen LogP contribution in [0.2, 0.25) is 0 Å². The number of nitrogens with one attached hydrogen (secondary N) is 1. The lowest BCUT2D eigenvalue weighted by molar-refractivity contribution is 0.101. The van der Waals surface area contributed by atoms with Crippen LogP contribution in [-0.2, 0) is 0 Å². The molecule has 0 aromatic heterocycles. The Morgan fingerprint density at radius 2 is 1.50 bits per heavy atom. The number of rotatable bonds is 5. The van der Waals surface area contributed by atoms with Crippen molar-refractivity contribution < 1.29 is 14.3 Å². The van der Waals surface area contributed by atoms with Crippen molar-refractivity contribution in [1.29, 1.82) is 0 Å². The Morgan fingerprint density at radius 3 is 2.05 bits per heavy atom. The molecule has 0 amide bonds. The molecule has 2 aromatic rings. The quantitative estimate of drug-likeness (QED) is 0.843. The van der Waals surface area contributed by atoms with E-state index in [0.717, 1.165) is 11.4 Å². The second kappa shape index (κ2) is 6.10. The maximum absolute atomic E-state index is 11.2. The van der Waals surface area contributed by atoms with Crippen molar-refractivity contribution in [3.8, 4) is 11.5 Å². The summed E-state index contributed by atoms with van der Waals surface area (Å²) in [6, 6.07) is 12.9. The first-order chi connectivity index (χ1) is 9.63. The molecule has 4 heteroatoms. The number of anilines is 2. The summed E-state index contributed by atoms with van der Waals surface area (Å²) in [5, 5.41) is 3.25. The third-order valence-corrected chi connectivity index (χ3v) is 2.96. The predicted molar refractivity (Wildman–Crippen MR) is 79.3 cm³/mol. The van der Waals surface area contributed by atoms with E-state index in [-0.39, 0.29) is 5.78 Å².